The van der Waals surface area contributed by atoms with Gasteiger partial charge in [0.1, 0.15) is 24.4 Å². The molecule has 0 amide bonds. The highest BCUT2D eigenvalue weighted by atomic mass is 16.4. The third-order valence-corrected chi connectivity index (χ3v) is 3.02. The van der Waals surface area contributed by atoms with Crippen LogP contribution < -0.4 is 11.3 Å². The van der Waals surface area contributed by atoms with E-state index in [1.165, 1.54) is 0 Å². The van der Waals surface area contributed by atoms with Crippen molar-refractivity contribution in [3.8, 4) is 0 Å². The minimum atomic E-state index is -1.85. The van der Waals surface area contributed by atoms with Gasteiger partial charge in [-0.25, -0.2) is 9.97 Å². The monoisotopic (exact) mass is 313 g/mol. The summed E-state index contributed by atoms with van der Waals surface area (Å²) in [5.74, 6) is -0.151. The number of rotatable bonds is 5. The molecule has 8 N–H and O–H groups in total. The van der Waals surface area contributed by atoms with E-state index < -0.39 is 36.6 Å². The van der Waals surface area contributed by atoms with Gasteiger partial charge in [-0.2, -0.15) is 4.98 Å². The molecule has 2 heterocycles. The van der Waals surface area contributed by atoms with Crippen molar-refractivity contribution in [1.82, 2.24) is 19.9 Å². The van der Waals surface area contributed by atoms with E-state index in [0.717, 1.165) is 6.20 Å². The average Bonchev–Trinajstić information content (AvgIpc) is 2.51. The van der Waals surface area contributed by atoms with E-state index in [9.17, 15) is 25.2 Å². The van der Waals surface area contributed by atoms with Crippen LogP contribution in [0.5, 0.6) is 0 Å². The normalized spacial score (nSPS) is 17.1. The predicted molar refractivity (Wildman–Crippen MR) is 72.4 cm³/mol. The zero-order valence-corrected chi connectivity index (χ0v) is 11.2. The Morgan fingerprint density at radius 1 is 1.18 bits per heavy atom. The Morgan fingerprint density at radius 3 is 2.50 bits per heavy atom. The number of anilines is 1. The van der Waals surface area contributed by atoms with Crippen LogP contribution in [0.3, 0.4) is 0 Å². The minimum Gasteiger partial charge on any atom is -0.394 e. The molecule has 2 rings (SSSR count). The number of aliphatic hydroxyl groups is 5. The van der Waals surface area contributed by atoms with Crippen LogP contribution in [0, 0.1) is 0 Å². The van der Waals surface area contributed by atoms with Crippen molar-refractivity contribution in [2.45, 2.75) is 24.4 Å². The Labute approximate surface area is 122 Å². The molecule has 22 heavy (non-hydrogen) atoms. The molecule has 0 spiro atoms. The first-order chi connectivity index (χ1) is 10.3. The summed E-state index contributed by atoms with van der Waals surface area (Å²) < 4.78 is 0. The molecular formula is C11H15N5O6. The first kappa shape index (κ1) is 16.2. The van der Waals surface area contributed by atoms with Crippen molar-refractivity contribution >= 4 is 17.1 Å². The molecule has 0 fully saturated rings. The Kier molecular flexibility index (Phi) is 4.63. The molecule has 0 saturated heterocycles. The molecule has 120 valence electrons. The van der Waals surface area contributed by atoms with Crippen LogP contribution in [0.1, 0.15) is 11.8 Å². The second-order valence-electron chi connectivity index (χ2n) is 4.60. The summed E-state index contributed by atoms with van der Waals surface area (Å²) >= 11 is 0. The maximum atomic E-state index is 11.7. The highest BCUT2D eigenvalue weighted by Gasteiger charge is 2.32. The molecule has 0 bridgehead atoms. The van der Waals surface area contributed by atoms with Gasteiger partial charge < -0.3 is 36.3 Å². The lowest BCUT2D eigenvalue weighted by molar-refractivity contribution is -0.117. The lowest BCUT2D eigenvalue weighted by Gasteiger charge is -2.25. The lowest BCUT2D eigenvalue weighted by Crippen LogP contribution is -2.42. The minimum absolute atomic E-state index is 0.0406. The third kappa shape index (κ3) is 3.03. The molecule has 0 radical (unpaired) electrons. The zero-order valence-electron chi connectivity index (χ0n) is 11.2. The van der Waals surface area contributed by atoms with Gasteiger partial charge in [-0.15, -0.1) is 0 Å². The fourth-order valence-electron chi connectivity index (χ4n) is 1.79. The molecule has 11 heteroatoms. The Hall–Kier alpha value is -2.18. The van der Waals surface area contributed by atoms with Crippen molar-refractivity contribution in [2.75, 3.05) is 12.3 Å². The standard InChI is InChI=1S/C11H15N5O6/c12-11-15-9-5(10(22)16-11)14-3(1-13-9)6(19)8(21)7(20)4(18)2-17/h1,4,6-8,17-21H,2H2,(H3,12,13,15,16,22). The molecule has 2 aromatic heterocycles. The van der Waals surface area contributed by atoms with Gasteiger partial charge in [-0.05, 0) is 0 Å². The van der Waals surface area contributed by atoms with E-state index in [1.54, 1.807) is 0 Å². The maximum Gasteiger partial charge on any atom is 0.302 e. The second-order valence-corrected chi connectivity index (χ2v) is 4.60. The van der Waals surface area contributed by atoms with Gasteiger partial charge in [0.25, 0.3) is 0 Å². The number of hydrogen-bond donors (Lipinski definition) is 7. The molecule has 2 aromatic rings. The number of hydrogen-bond acceptors (Lipinski definition) is 10. The van der Waals surface area contributed by atoms with Crippen molar-refractivity contribution in [3.05, 3.63) is 22.2 Å². The Bertz CT molecular complexity index is 722. The largest absolute Gasteiger partial charge is 0.394 e. The van der Waals surface area contributed by atoms with Crippen molar-refractivity contribution in [3.63, 3.8) is 0 Å². The third-order valence-electron chi connectivity index (χ3n) is 3.02. The Morgan fingerprint density at radius 2 is 1.86 bits per heavy atom. The van der Waals surface area contributed by atoms with Gasteiger partial charge in [0.2, 0.25) is 5.95 Å². The fourth-order valence-corrected chi connectivity index (χ4v) is 1.79. The summed E-state index contributed by atoms with van der Waals surface area (Å²) in [5.41, 5.74) is 4.18. The number of nitrogens with zero attached hydrogens (tertiary/aromatic N) is 3. The van der Waals surface area contributed by atoms with Gasteiger partial charge in [-0.3, -0.25) is 4.79 Å². The molecule has 0 aromatic carbocycles. The van der Waals surface area contributed by atoms with Crippen molar-refractivity contribution < 1.29 is 25.5 Å². The smallest absolute Gasteiger partial charge is 0.302 e. The zero-order chi connectivity index (χ0) is 16.4. The number of aromatic amines is 1. The van der Waals surface area contributed by atoms with Crippen LogP contribution in [0.4, 0.5) is 5.95 Å². The van der Waals surface area contributed by atoms with E-state index in [1.807, 2.05) is 0 Å². The van der Waals surface area contributed by atoms with E-state index in [-0.39, 0.29) is 22.8 Å². The molecule has 0 aliphatic carbocycles. The maximum absolute atomic E-state index is 11.7. The van der Waals surface area contributed by atoms with Gasteiger partial charge in [-0.1, -0.05) is 0 Å². The van der Waals surface area contributed by atoms with Crippen LogP contribution in [-0.4, -0.2) is 70.4 Å². The van der Waals surface area contributed by atoms with Gasteiger partial charge in [0, 0.05) is 0 Å². The van der Waals surface area contributed by atoms with Crippen LogP contribution in [-0.2, 0) is 0 Å². The summed E-state index contributed by atoms with van der Waals surface area (Å²) in [4.78, 5) is 25.2. The molecule has 11 nitrogen and oxygen atoms in total. The molecule has 0 aliphatic rings. The SMILES string of the molecule is Nc1nc(=O)c2nc(C(O)C(O)C(O)C(O)CO)cnc2[nH]1. The highest BCUT2D eigenvalue weighted by molar-refractivity contribution is 5.69. The van der Waals surface area contributed by atoms with Crippen LogP contribution in [0.2, 0.25) is 0 Å². The quantitative estimate of drug-likeness (QED) is 0.289. The first-order valence-electron chi connectivity index (χ1n) is 6.20. The molecule has 4 unspecified atom stereocenters. The number of H-pyrrole nitrogens is 1. The first-order valence-corrected chi connectivity index (χ1v) is 6.20. The number of fused-ring (bicyclic) bond motifs is 1. The second kappa shape index (κ2) is 6.29. The van der Waals surface area contributed by atoms with E-state index in [2.05, 4.69) is 19.9 Å². The summed E-state index contributed by atoms with van der Waals surface area (Å²) in [6.45, 7) is -0.808. The topological polar surface area (TPSA) is 199 Å². The number of aliphatic hydroxyl groups excluding tert-OH is 5. The van der Waals surface area contributed by atoms with E-state index in [0.29, 0.717) is 0 Å². The van der Waals surface area contributed by atoms with E-state index >= 15 is 0 Å². The number of nitrogens with two attached hydrogens (primary N) is 1. The van der Waals surface area contributed by atoms with Crippen molar-refractivity contribution in [1.29, 1.82) is 0 Å². The summed E-state index contributed by atoms with van der Waals surface area (Å²) in [7, 11) is 0. The summed E-state index contributed by atoms with van der Waals surface area (Å²) in [5, 5.41) is 47.2. The molecule has 0 aliphatic heterocycles. The predicted octanol–water partition coefficient (Wildman–Crippen LogP) is -3.60. The Balaban J connectivity index is 2.36. The number of nitrogens with one attached hydrogen (secondary N) is 1. The van der Waals surface area contributed by atoms with Gasteiger partial charge in [0.05, 0.1) is 18.5 Å². The van der Waals surface area contributed by atoms with Crippen LogP contribution >= 0.6 is 0 Å². The number of aromatic nitrogens is 4. The van der Waals surface area contributed by atoms with Gasteiger partial charge in [0.15, 0.2) is 11.2 Å². The lowest BCUT2D eigenvalue weighted by atomic mass is 10.0. The average molecular weight is 313 g/mol. The fraction of sp³-hybridized carbons (Fsp3) is 0.455. The van der Waals surface area contributed by atoms with Gasteiger partial charge >= 0.3 is 5.56 Å². The number of nitrogen functional groups attached to an aromatic ring is 1. The van der Waals surface area contributed by atoms with Crippen LogP contribution in [0.15, 0.2) is 11.0 Å². The molecular weight excluding hydrogens is 298 g/mol. The van der Waals surface area contributed by atoms with Crippen molar-refractivity contribution in [2.24, 2.45) is 0 Å². The summed E-state index contributed by atoms with van der Waals surface area (Å²) in [6.07, 6.45) is -6.01. The summed E-state index contributed by atoms with van der Waals surface area (Å²) in [6, 6.07) is 0. The highest BCUT2D eigenvalue weighted by Crippen LogP contribution is 2.19. The molecule has 0 saturated carbocycles. The molecule has 4 atom stereocenters. The van der Waals surface area contributed by atoms with E-state index in [4.69, 9.17) is 10.8 Å². The van der Waals surface area contributed by atoms with Crippen LogP contribution in [0.25, 0.3) is 11.2 Å².